The van der Waals surface area contributed by atoms with Crippen LogP contribution in [0.4, 0.5) is 5.69 Å². The summed E-state index contributed by atoms with van der Waals surface area (Å²) < 4.78 is 5.59. The Morgan fingerprint density at radius 3 is 2.70 bits per heavy atom. The molecule has 0 amide bonds. The van der Waals surface area contributed by atoms with Gasteiger partial charge in [-0.15, -0.1) is 11.3 Å². The molecule has 0 aliphatic carbocycles. The summed E-state index contributed by atoms with van der Waals surface area (Å²) in [4.78, 5) is 4.71. The largest absolute Gasteiger partial charge is 0.385 e. The molecular weight excluding hydrogens is 268 g/mol. The Balaban J connectivity index is 1.90. The number of hydrogen-bond acceptors (Lipinski definition) is 4. The first-order chi connectivity index (χ1) is 9.68. The fraction of sp³-hybridized carbons (Fsp3) is 0.438. The number of thiazole rings is 1. The number of benzene rings is 1. The summed E-state index contributed by atoms with van der Waals surface area (Å²) >= 11 is 1.69. The van der Waals surface area contributed by atoms with E-state index in [0.29, 0.717) is 0 Å². The Labute approximate surface area is 125 Å². The number of hydrogen-bond donors (Lipinski definition) is 1. The molecule has 0 saturated heterocycles. The van der Waals surface area contributed by atoms with Crippen molar-refractivity contribution in [3.8, 4) is 0 Å². The number of anilines is 1. The topological polar surface area (TPSA) is 34.1 Å². The monoisotopic (exact) mass is 290 g/mol. The van der Waals surface area contributed by atoms with Crippen LogP contribution in [-0.2, 0) is 16.8 Å². The molecule has 1 aromatic carbocycles. The van der Waals surface area contributed by atoms with Gasteiger partial charge in [0.15, 0.2) is 0 Å². The Morgan fingerprint density at radius 1 is 1.30 bits per heavy atom. The van der Waals surface area contributed by atoms with Crippen molar-refractivity contribution in [3.05, 3.63) is 46.4 Å². The summed E-state index contributed by atoms with van der Waals surface area (Å²) in [6.45, 7) is 5.11. The van der Waals surface area contributed by atoms with Gasteiger partial charge in [0.2, 0.25) is 0 Å². The molecule has 0 aliphatic rings. The molecule has 2 rings (SSSR count). The van der Waals surface area contributed by atoms with Gasteiger partial charge >= 0.3 is 0 Å². The lowest BCUT2D eigenvalue weighted by Crippen LogP contribution is -2.23. The number of para-hydroxylation sites is 1. The average Bonchev–Trinajstić information content (AvgIpc) is 2.97. The first-order valence-electron chi connectivity index (χ1n) is 6.97. The third-order valence-electron chi connectivity index (χ3n) is 3.61. The van der Waals surface area contributed by atoms with Crippen molar-refractivity contribution in [1.29, 1.82) is 0 Å². The highest BCUT2D eigenvalue weighted by atomic mass is 32.1. The zero-order valence-electron chi connectivity index (χ0n) is 12.3. The predicted molar refractivity (Wildman–Crippen MR) is 85.4 cm³/mol. The molecule has 2 aromatic rings. The van der Waals surface area contributed by atoms with Crippen LogP contribution in [0.1, 0.15) is 31.0 Å². The van der Waals surface area contributed by atoms with E-state index < -0.39 is 0 Å². The third kappa shape index (κ3) is 3.58. The molecule has 0 saturated carbocycles. The van der Waals surface area contributed by atoms with Crippen molar-refractivity contribution in [3.63, 3.8) is 0 Å². The zero-order valence-corrected chi connectivity index (χ0v) is 13.2. The summed E-state index contributed by atoms with van der Waals surface area (Å²) in [5, 5.41) is 6.60. The minimum absolute atomic E-state index is 0.254. The molecule has 1 atom stereocenters. The summed E-state index contributed by atoms with van der Waals surface area (Å²) in [7, 11) is 1.75. The molecule has 1 heterocycles. The van der Waals surface area contributed by atoms with Crippen molar-refractivity contribution in [2.75, 3.05) is 19.0 Å². The van der Waals surface area contributed by atoms with Crippen molar-refractivity contribution < 1.29 is 4.74 Å². The lowest BCUT2D eigenvalue weighted by Gasteiger charge is -2.23. The molecule has 20 heavy (non-hydrogen) atoms. The molecule has 0 fully saturated rings. The molecule has 0 bridgehead atoms. The second-order valence-electron chi connectivity index (χ2n) is 4.98. The lowest BCUT2D eigenvalue weighted by molar-refractivity contribution is -0.00166. The number of ether oxygens (including phenoxy) is 1. The molecular formula is C16H22N2OS. The van der Waals surface area contributed by atoms with Crippen LogP contribution < -0.4 is 5.32 Å². The Morgan fingerprint density at radius 2 is 2.05 bits per heavy atom. The van der Waals surface area contributed by atoms with Crippen LogP contribution in [-0.4, -0.2) is 18.6 Å². The Hall–Kier alpha value is -1.39. The minimum atomic E-state index is -0.254. The van der Waals surface area contributed by atoms with E-state index in [2.05, 4.69) is 36.7 Å². The van der Waals surface area contributed by atoms with Crippen LogP contribution in [0, 0.1) is 0 Å². The second-order valence-corrected chi connectivity index (χ2v) is 5.83. The smallest absolute Gasteiger partial charge is 0.125 e. The zero-order chi connectivity index (χ0) is 14.4. The number of nitrogens with one attached hydrogen (secondary N) is 1. The maximum absolute atomic E-state index is 5.59. The number of nitrogens with zero attached hydrogens (tertiary/aromatic N) is 1. The number of rotatable bonds is 7. The normalized spacial score (nSPS) is 13.9. The van der Waals surface area contributed by atoms with Crippen LogP contribution >= 0.6 is 11.3 Å². The molecule has 0 aliphatic heterocycles. The van der Waals surface area contributed by atoms with E-state index in [4.69, 9.17) is 9.72 Å². The van der Waals surface area contributed by atoms with Crippen LogP contribution in [0.2, 0.25) is 0 Å². The van der Waals surface area contributed by atoms with Gasteiger partial charge in [-0.25, -0.2) is 4.98 Å². The number of methoxy groups -OCH3 is 1. The predicted octanol–water partition coefficient (Wildman–Crippen LogP) is 4.07. The highest BCUT2D eigenvalue weighted by molar-refractivity contribution is 7.09. The van der Waals surface area contributed by atoms with Gasteiger partial charge in [-0.05, 0) is 25.5 Å². The van der Waals surface area contributed by atoms with Crippen LogP contribution in [0.25, 0.3) is 0 Å². The van der Waals surface area contributed by atoms with Gasteiger partial charge in [0.05, 0.1) is 5.69 Å². The van der Waals surface area contributed by atoms with Crippen molar-refractivity contribution in [2.24, 2.45) is 0 Å². The Kier molecular flexibility index (Phi) is 5.15. The first-order valence-corrected chi connectivity index (χ1v) is 7.85. The fourth-order valence-corrected chi connectivity index (χ4v) is 3.00. The molecule has 0 spiro atoms. The average molecular weight is 290 g/mol. The summed E-state index contributed by atoms with van der Waals surface area (Å²) in [5.74, 6) is 0. The maximum atomic E-state index is 5.59. The molecule has 0 radical (unpaired) electrons. The van der Waals surface area contributed by atoms with E-state index in [1.165, 1.54) is 0 Å². The highest BCUT2D eigenvalue weighted by Gasteiger charge is 2.27. The molecule has 1 aromatic heterocycles. The summed E-state index contributed by atoms with van der Waals surface area (Å²) in [5.41, 5.74) is 2.03. The molecule has 1 N–H and O–H groups in total. The Bertz CT molecular complexity index is 520. The third-order valence-corrected chi connectivity index (χ3v) is 4.75. The van der Waals surface area contributed by atoms with Crippen LogP contribution in [0.15, 0.2) is 35.7 Å². The van der Waals surface area contributed by atoms with Gasteiger partial charge in [0.25, 0.3) is 0 Å². The van der Waals surface area contributed by atoms with Gasteiger partial charge in [-0.1, -0.05) is 25.1 Å². The van der Waals surface area contributed by atoms with Crippen LogP contribution in [0.3, 0.4) is 0 Å². The van der Waals surface area contributed by atoms with Gasteiger partial charge in [0.1, 0.15) is 10.6 Å². The van der Waals surface area contributed by atoms with Crippen molar-refractivity contribution in [2.45, 2.75) is 32.3 Å². The second kappa shape index (κ2) is 6.86. The van der Waals surface area contributed by atoms with Gasteiger partial charge < -0.3 is 10.1 Å². The highest BCUT2D eigenvalue weighted by Crippen LogP contribution is 2.30. The lowest BCUT2D eigenvalue weighted by atomic mass is 10.1. The van der Waals surface area contributed by atoms with Gasteiger partial charge in [0, 0.05) is 31.1 Å². The van der Waals surface area contributed by atoms with E-state index in [-0.39, 0.29) is 5.60 Å². The SMILES string of the molecule is CCC(C)(OC)c1nc(CCNc2ccccc2)cs1. The standard InChI is InChI=1S/C16H22N2OS/c1-4-16(2,19-3)15-18-14(12-20-15)10-11-17-13-8-6-5-7-9-13/h5-9,12,17H,4,10-11H2,1-3H3. The van der Waals surface area contributed by atoms with E-state index >= 15 is 0 Å². The first kappa shape index (κ1) is 15.0. The minimum Gasteiger partial charge on any atom is -0.385 e. The van der Waals surface area contributed by atoms with E-state index in [1.54, 1.807) is 18.4 Å². The summed E-state index contributed by atoms with van der Waals surface area (Å²) in [6.07, 6.45) is 1.85. The van der Waals surface area contributed by atoms with E-state index in [0.717, 1.165) is 35.8 Å². The molecule has 108 valence electrons. The molecule has 4 heteroatoms. The molecule has 1 unspecified atom stereocenters. The van der Waals surface area contributed by atoms with Gasteiger partial charge in [-0.2, -0.15) is 0 Å². The van der Waals surface area contributed by atoms with E-state index in [1.807, 2.05) is 18.2 Å². The quantitative estimate of drug-likeness (QED) is 0.834. The van der Waals surface area contributed by atoms with Crippen molar-refractivity contribution in [1.82, 2.24) is 4.98 Å². The number of aromatic nitrogens is 1. The fourth-order valence-electron chi connectivity index (χ4n) is 1.94. The van der Waals surface area contributed by atoms with Crippen molar-refractivity contribution >= 4 is 17.0 Å². The van der Waals surface area contributed by atoms with Gasteiger partial charge in [-0.3, -0.25) is 0 Å². The van der Waals surface area contributed by atoms with E-state index in [9.17, 15) is 0 Å². The molecule has 3 nitrogen and oxygen atoms in total. The van der Waals surface area contributed by atoms with Crippen LogP contribution in [0.5, 0.6) is 0 Å². The maximum Gasteiger partial charge on any atom is 0.125 e. The summed E-state index contributed by atoms with van der Waals surface area (Å²) in [6, 6.07) is 10.2.